The lowest BCUT2D eigenvalue weighted by atomic mass is 9.74. The zero-order chi connectivity index (χ0) is 21.1. The zero-order valence-electron chi connectivity index (χ0n) is 17.2. The SMILES string of the molecule is C/C=C(\CC)C(C#N)(C#N)CCCC(/C=C/C(C)C)(C(=O)OC)C(=O)OC. The quantitative estimate of drug-likeness (QED) is 0.324. The zero-order valence-corrected chi connectivity index (χ0v) is 17.2. The number of carbonyl (C=O) groups excluding carboxylic acids is 2. The molecule has 0 aliphatic rings. The fraction of sp³-hybridized carbons (Fsp3) is 0.619. The van der Waals surface area contributed by atoms with Crippen molar-refractivity contribution in [2.75, 3.05) is 14.2 Å². The lowest BCUT2D eigenvalue weighted by molar-refractivity contribution is -0.165. The lowest BCUT2D eigenvalue weighted by Gasteiger charge is -2.27. The van der Waals surface area contributed by atoms with E-state index >= 15 is 0 Å². The Balaban J connectivity index is 5.83. The molecule has 6 heteroatoms. The maximum Gasteiger partial charge on any atom is 0.327 e. The molecule has 0 radical (unpaired) electrons. The number of allylic oxidation sites excluding steroid dienone is 3. The summed E-state index contributed by atoms with van der Waals surface area (Å²) >= 11 is 0. The van der Waals surface area contributed by atoms with Crippen LogP contribution >= 0.6 is 0 Å². The molecule has 148 valence electrons. The molecule has 0 spiro atoms. The van der Waals surface area contributed by atoms with E-state index in [1.807, 2.05) is 20.8 Å². The minimum Gasteiger partial charge on any atom is -0.468 e. The predicted molar refractivity (Wildman–Crippen MR) is 102 cm³/mol. The second-order valence-corrected chi connectivity index (χ2v) is 6.71. The Labute approximate surface area is 162 Å². The molecule has 0 N–H and O–H groups in total. The van der Waals surface area contributed by atoms with Crippen molar-refractivity contribution in [2.45, 2.75) is 53.4 Å². The number of rotatable bonds is 10. The van der Waals surface area contributed by atoms with Crippen LogP contribution in [0.25, 0.3) is 0 Å². The van der Waals surface area contributed by atoms with Crippen LogP contribution in [-0.2, 0) is 19.1 Å². The third-order valence-electron chi connectivity index (χ3n) is 4.65. The first-order valence-electron chi connectivity index (χ1n) is 9.07. The highest BCUT2D eigenvalue weighted by molar-refractivity contribution is 6.02. The molecule has 0 atom stereocenters. The molecule has 27 heavy (non-hydrogen) atoms. The van der Waals surface area contributed by atoms with E-state index in [1.165, 1.54) is 20.3 Å². The first kappa shape index (κ1) is 24.4. The topological polar surface area (TPSA) is 100 Å². The van der Waals surface area contributed by atoms with Crippen LogP contribution in [0.3, 0.4) is 0 Å². The van der Waals surface area contributed by atoms with Gasteiger partial charge < -0.3 is 9.47 Å². The van der Waals surface area contributed by atoms with E-state index in [0.717, 1.165) is 5.57 Å². The molecule has 0 amide bonds. The summed E-state index contributed by atoms with van der Waals surface area (Å²) in [6.45, 7) is 7.52. The summed E-state index contributed by atoms with van der Waals surface area (Å²) in [7, 11) is 2.43. The molecule has 0 heterocycles. The summed E-state index contributed by atoms with van der Waals surface area (Å²) in [5.41, 5.74) is -2.14. The molecule has 0 rings (SSSR count). The van der Waals surface area contributed by atoms with Gasteiger partial charge in [0, 0.05) is 0 Å². The van der Waals surface area contributed by atoms with Crippen molar-refractivity contribution >= 4 is 11.9 Å². The first-order valence-corrected chi connectivity index (χ1v) is 9.07. The van der Waals surface area contributed by atoms with Gasteiger partial charge in [0.05, 0.1) is 26.4 Å². The maximum absolute atomic E-state index is 12.5. The van der Waals surface area contributed by atoms with Crippen molar-refractivity contribution in [3.05, 3.63) is 23.8 Å². The monoisotopic (exact) mass is 374 g/mol. The van der Waals surface area contributed by atoms with Gasteiger partial charge in [-0.05, 0) is 44.1 Å². The van der Waals surface area contributed by atoms with Crippen LogP contribution in [0.5, 0.6) is 0 Å². The normalized spacial score (nSPS) is 12.6. The molecule has 0 aromatic carbocycles. The highest BCUT2D eigenvalue weighted by Crippen LogP contribution is 2.38. The van der Waals surface area contributed by atoms with Gasteiger partial charge in [-0.1, -0.05) is 39.0 Å². The van der Waals surface area contributed by atoms with Gasteiger partial charge >= 0.3 is 11.9 Å². The highest BCUT2D eigenvalue weighted by Gasteiger charge is 2.46. The predicted octanol–water partition coefficient (Wildman–Crippen LogP) is 4.09. The maximum atomic E-state index is 12.5. The molecule has 0 unspecified atom stereocenters. The van der Waals surface area contributed by atoms with Gasteiger partial charge in [-0.25, -0.2) is 0 Å². The van der Waals surface area contributed by atoms with Crippen molar-refractivity contribution in [1.29, 1.82) is 10.5 Å². The van der Waals surface area contributed by atoms with E-state index in [1.54, 1.807) is 19.1 Å². The number of nitriles is 2. The molecule has 0 saturated carbocycles. The fourth-order valence-corrected chi connectivity index (χ4v) is 3.05. The van der Waals surface area contributed by atoms with E-state index in [0.29, 0.717) is 12.8 Å². The van der Waals surface area contributed by atoms with Crippen molar-refractivity contribution in [1.82, 2.24) is 0 Å². The largest absolute Gasteiger partial charge is 0.468 e. The summed E-state index contributed by atoms with van der Waals surface area (Å²) in [5, 5.41) is 19.2. The fourth-order valence-electron chi connectivity index (χ4n) is 3.05. The Bertz CT molecular complexity index is 633. The molecule has 6 nitrogen and oxygen atoms in total. The Morgan fingerprint density at radius 2 is 1.59 bits per heavy atom. The molecule has 0 saturated heterocycles. The van der Waals surface area contributed by atoms with E-state index < -0.39 is 22.8 Å². The number of esters is 2. The van der Waals surface area contributed by atoms with Gasteiger partial charge in [-0.15, -0.1) is 0 Å². The molecular formula is C21H30N2O4. The van der Waals surface area contributed by atoms with Crippen LogP contribution in [0.4, 0.5) is 0 Å². The van der Waals surface area contributed by atoms with Crippen LogP contribution in [0.2, 0.25) is 0 Å². The minimum atomic E-state index is -1.59. The van der Waals surface area contributed by atoms with Crippen molar-refractivity contribution in [3.63, 3.8) is 0 Å². The number of methoxy groups -OCH3 is 2. The molecule has 0 bridgehead atoms. The van der Waals surface area contributed by atoms with Gasteiger partial charge in [0.1, 0.15) is 0 Å². The molecule has 0 aromatic rings. The van der Waals surface area contributed by atoms with Crippen molar-refractivity contribution in [2.24, 2.45) is 16.7 Å². The Kier molecular flexibility index (Phi) is 10.1. The third-order valence-corrected chi connectivity index (χ3v) is 4.65. The van der Waals surface area contributed by atoms with E-state index in [4.69, 9.17) is 9.47 Å². The molecular weight excluding hydrogens is 344 g/mol. The second-order valence-electron chi connectivity index (χ2n) is 6.71. The van der Waals surface area contributed by atoms with Gasteiger partial charge in [0.25, 0.3) is 0 Å². The number of hydrogen-bond donors (Lipinski definition) is 0. The summed E-state index contributed by atoms with van der Waals surface area (Å²) in [6.07, 6.45) is 6.21. The van der Waals surface area contributed by atoms with Gasteiger partial charge in [-0.3, -0.25) is 9.59 Å². The first-order chi connectivity index (χ1) is 12.7. The second kappa shape index (κ2) is 11.2. The molecule has 0 aliphatic carbocycles. The van der Waals surface area contributed by atoms with Crippen LogP contribution < -0.4 is 0 Å². The lowest BCUT2D eigenvalue weighted by Crippen LogP contribution is -2.40. The number of carbonyl (C=O) groups is 2. The Morgan fingerprint density at radius 1 is 1.07 bits per heavy atom. The van der Waals surface area contributed by atoms with Gasteiger partial charge in [-0.2, -0.15) is 10.5 Å². The summed E-state index contributed by atoms with van der Waals surface area (Å²) < 4.78 is 9.73. The number of nitrogens with zero attached hydrogens (tertiary/aromatic N) is 2. The average Bonchev–Trinajstić information content (AvgIpc) is 2.68. The minimum absolute atomic E-state index is 0.0847. The smallest absolute Gasteiger partial charge is 0.327 e. The standard InChI is InChI=1S/C21H30N2O4/c1-7-17(8-2)20(14-22,15-23)11-9-12-21(18(24)26-5,19(25)27-6)13-10-16(3)4/h7,10,13,16H,8-9,11-12H2,1-6H3/b13-10+,17-7+. The van der Waals surface area contributed by atoms with Gasteiger partial charge in [0.2, 0.25) is 0 Å². The Hall–Kier alpha value is -2.60. The van der Waals surface area contributed by atoms with Gasteiger partial charge in [0.15, 0.2) is 10.8 Å². The summed E-state index contributed by atoms with van der Waals surface area (Å²) in [5.74, 6) is -1.31. The molecule has 0 aromatic heterocycles. The summed E-state index contributed by atoms with van der Waals surface area (Å²) in [6, 6.07) is 4.22. The highest BCUT2D eigenvalue weighted by atomic mass is 16.5. The van der Waals surface area contributed by atoms with E-state index in [9.17, 15) is 20.1 Å². The van der Waals surface area contributed by atoms with Crippen LogP contribution in [0, 0.1) is 39.4 Å². The van der Waals surface area contributed by atoms with Crippen LogP contribution in [0.15, 0.2) is 23.8 Å². The van der Waals surface area contributed by atoms with Crippen LogP contribution in [-0.4, -0.2) is 26.2 Å². The van der Waals surface area contributed by atoms with E-state index in [2.05, 4.69) is 12.1 Å². The number of ether oxygens (including phenoxy) is 2. The third kappa shape index (κ3) is 5.69. The Morgan fingerprint density at radius 3 is 1.93 bits per heavy atom. The molecule has 0 aliphatic heterocycles. The average molecular weight is 374 g/mol. The summed E-state index contributed by atoms with van der Waals surface area (Å²) in [4.78, 5) is 24.9. The number of hydrogen-bond acceptors (Lipinski definition) is 6. The molecule has 0 fully saturated rings. The van der Waals surface area contributed by atoms with E-state index in [-0.39, 0.29) is 18.8 Å². The van der Waals surface area contributed by atoms with Crippen LogP contribution in [0.1, 0.15) is 53.4 Å². The van der Waals surface area contributed by atoms with Crippen molar-refractivity contribution in [3.8, 4) is 12.1 Å². The van der Waals surface area contributed by atoms with Crippen molar-refractivity contribution < 1.29 is 19.1 Å².